The van der Waals surface area contributed by atoms with Crippen LogP contribution in [-0.2, 0) is 9.53 Å². The van der Waals surface area contributed by atoms with Gasteiger partial charge in [0.1, 0.15) is 11.8 Å². The van der Waals surface area contributed by atoms with E-state index < -0.39 is 6.04 Å². The highest BCUT2D eigenvalue weighted by molar-refractivity contribution is 5.95. The molecule has 19 heavy (non-hydrogen) atoms. The van der Waals surface area contributed by atoms with E-state index in [-0.39, 0.29) is 24.2 Å². The lowest BCUT2D eigenvalue weighted by atomic mass is 9.99. The number of methoxy groups -OCH3 is 1. The Bertz CT molecular complexity index is 458. The van der Waals surface area contributed by atoms with E-state index in [1.807, 2.05) is 20.8 Å². The van der Waals surface area contributed by atoms with Gasteiger partial charge in [0.05, 0.1) is 6.61 Å². The highest BCUT2D eigenvalue weighted by Gasteiger charge is 2.16. The second-order valence-corrected chi connectivity index (χ2v) is 4.93. The van der Waals surface area contributed by atoms with E-state index in [9.17, 15) is 9.90 Å². The lowest BCUT2D eigenvalue weighted by molar-refractivity contribution is -0.118. The second kappa shape index (κ2) is 6.54. The molecule has 5 heteroatoms. The summed E-state index contributed by atoms with van der Waals surface area (Å²) in [5, 5.41) is 12.6. The second-order valence-electron chi connectivity index (χ2n) is 4.93. The number of hydrogen-bond acceptors (Lipinski definition) is 4. The number of carbonyl (C=O) groups is 1. The summed E-state index contributed by atoms with van der Waals surface area (Å²) in [5.41, 5.74) is 7.92. The Kier molecular flexibility index (Phi) is 5.32. The summed E-state index contributed by atoms with van der Waals surface area (Å²) in [6.45, 7) is 5.95. The van der Waals surface area contributed by atoms with Crippen LogP contribution < -0.4 is 11.1 Å². The fourth-order valence-electron chi connectivity index (χ4n) is 1.79. The van der Waals surface area contributed by atoms with Crippen LogP contribution in [0.4, 0.5) is 5.69 Å². The zero-order valence-electron chi connectivity index (χ0n) is 11.9. The van der Waals surface area contributed by atoms with E-state index in [0.29, 0.717) is 5.69 Å². The predicted octanol–water partition coefficient (Wildman–Crippen LogP) is 1.74. The number of carbonyl (C=O) groups excluding carboxylic acids is 1. The molecule has 0 aliphatic heterocycles. The molecule has 0 aromatic heterocycles. The van der Waals surface area contributed by atoms with Crippen LogP contribution in [0.3, 0.4) is 0 Å². The summed E-state index contributed by atoms with van der Waals surface area (Å²) >= 11 is 0. The first-order valence-corrected chi connectivity index (χ1v) is 6.25. The molecular formula is C14H22N2O3. The molecule has 1 unspecified atom stereocenters. The lowest BCUT2D eigenvalue weighted by Crippen LogP contribution is -2.39. The van der Waals surface area contributed by atoms with Gasteiger partial charge in [-0.25, -0.2) is 0 Å². The molecule has 0 heterocycles. The van der Waals surface area contributed by atoms with Gasteiger partial charge in [-0.15, -0.1) is 0 Å². The van der Waals surface area contributed by atoms with E-state index in [1.54, 1.807) is 12.1 Å². The number of nitrogens with one attached hydrogen (secondary N) is 1. The molecule has 1 aromatic rings. The van der Waals surface area contributed by atoms with Crippen LogP contribution >= 0.6 is 0 Å². The van der Waals surface area contributed by atoms with Gasteiger partial charge in [-0.2, -0.15) is 0 Å². The first-order valence-electron chi connectivity index (χ1n) is 6.25. The van der Waals surface area contributed by atoms with E-state index in [4.69, 9.17) is 10.5 Å². The van der Waals surface area contributed by atoms with Crippen LogP contribution in [0.1, 0.15) is 30.9 Å². The van der Waals surface area contributed by atoms with Crippen LogP contribution in [0.5, 0.6) is 5.75 Å². The third-order valence-electron chi connectivity index (χ3n) is 2.94. The number of phenolic OH excluding ortho intramolecular Hbond substituents is 1. The van der Waals surface area contributed by atoms with Crippen molar-refractivity contribution in [3.8, 4) is 5.75 Å². The van der Waals surface area contributed by atoms with E-state index >= 15 is 0 Å². The van der Waals surface area contributed by atoms with Gasteiger partial charge in [0.2, 0.25) is 5.91 Å². The smallest absolute Gasteiger partial charge is 0.243 e. The number of aryl methyl sites for hydroxylation is 1. The zero-order chi connectivity index (χ0) is 14.6. The van der Waals surface area contributed by atoms with Crippen LogP contribution in [0.25, 0.3) is 0 Å². The number of benzene rings is 1. The maximum atomic E-state index is 11.8. The predicted molar refractivity (Wildman–Crippen MR) is 75.4 cm³/mol. The summed E-state index contributed by atoms with van der Waals surface area (Å²) in [4.78, 5) is 11.8. The van der Waals surface area contributed by atoms with Crippen LogP contribution in [0.15, 0.2) is 12.1 Å². The average molecular weight is 266 g/mol. The van der Waals surface area contributed by atoms with Crippen molar-refractivity contribution < 1.29 is 14.6 Å². The van der Waals surface area contributed by atoms with Crippen molar-refractivity contribution in [1.82, 2.24) is 0 Å². The lowest BCUT2D eigenvalue weighted by Gasteiger charge is -2.16. The Labute approximate surface area is 113 Å². The van der Waals surface area contributed by atoms with Crippen molar-refractivity contribution in [3.05, 3.63) is 23.3 Å². The van der Waals surface area contributed by atoms with E-state index in [2.05, 4.69) is 5.32 Å². The molecular weight excluding hydrogens is 244 g/mol. The minimum absolute atomic E-state index is 0.167. The monoisotopic (exact) mass is 266 g/mol. The van der Waals surface area contributed by atoms with Crippen LogP contribution in [-0.4, -0.2) is 30.8 Å². The van der Waals surface area contributed by atoms with Gasteiger partial charge < -0.3 is 20.9 Å². The molecule has 0 spiro atoms. The Balaban J connectivity index is 2.95. The van der Waals surface area contributed by atoms with Gasteiger partial charge in [0, 0.05) is 12.8 Å². The molecule has 1 amide bonds. The Hall–Kier alpha value is -1.59. The van der Waals surface area contributed by atoms with Crippen molar-refractivity contribution in [3.63, 3.8) is 0 Å². The standard InChI is InChI=1S/C14H22N2O3/c1-8(2)10-6-12(9(3)5-13(10)17)16-14(18)11(15)7-19-4/h5-6,8,11,17H,7,15H2,1-4H3,(H,16,18). The molecule has 0 radical (unpaired) electrons. The van der Waals surface area contributed by atoms with E-state index in [0.717, 1.165) is 11.1 Å². The molecule has 0 saturated heterocycles. The maximum absolute atomic E-state index is 11.8. The molecule has 106 valence electrons. The number of aromatic hydroxyl groups is 1. The van der Waals surface area contributed by atoms with Crippen molar-refractivity contribution in [2.75, 3.05) is 19.0 Å². The molecule has 0 bridgehead atoms. The first kappa shape index (κ1) is 15.5. The summed E-state index contributed by atoms with van der Waals surface area (Å²) in [7, 11) is 1.50. The Morgan fingerprint density at radius 3 is 2.63 bits per heavy atom. The number of phenols is 1. The first-order chi connectivity index (χ1) is 8.86. The van der Waals surface area contributed by atoms with Gasteiger partial charge in [-0.1, -0.05) is 13.8 Å². The van der Waals surface area contributed by atoms with Gasteiger partial charge in [-0.3, -0.25) is 4.79 Å². The summed E-state index contributed by atoms with van der Waals surface area (Å²) in [6.07, 6.45) is 0. The largest absolute Gasteiger partial charge is 0.508 e. The fourth-order valence-corrected chi connectivity index (χ4v) is 1.79. The number of hydrogen-bond donors (Lipinski definition) is 3. The normalized spacial score (nSPS) is 12.5. The summed E-state index contributed by atoms with van der Waals surface area (Å²) in [5.74, 6) is 0.112. The Morgan fingerprint density at radius 2 is 2.11 bits per heavy atom. The summed E-state index contributed by atoms with van der Waals surface area (Å²) < 4.78 is 4.85. The quantitative estimate of drug-likeness (QED) is 0.709. The maximum Gasteiger partial charge on any atom is 0.243 e. The topological polar surface area (TPSA) is 84.6 Å². The zero-order valence-corrected chi connectivity index (χ0v) is 11.9. The number of anilines is 1. The van der Waals surface area contributed by atoms with Crippen molar-refractivity contribution in [2.24, 2.45) is 5.73 Å². The number of rotatable bonds is 5. The fraction of sp³-hybridized carbons (Fsp3) is 0.500. The van der Waals surface area contributed by atoms with Gasteiger partial charge in [-0.05, 0) is 36.1 Å². The number of amides is 1. The van der Waals surface area contributed by atoms with Crippen LogP contribution in [0.2, 0.25) is 0 Å². The van der Waals surface area contributed by atoms with Crippen molar-refractivity contribution >= 4 is 11.6 Å². The highest BCUT2D eigenvalue weighted by Crippen LogP contribution is 2.31. The molecule has 5 nitrogen and oxygen atoms in total. The molecule has 0 aliphatic carbocycles. The third-order valence-corrected chi connectivity index (χ3v) is 2.94. The summed E-state index contributed by atoms with van der Waals surface area (Å²) in [6, 6.07) is 2.72. The molecule has 1 rings (SSSR count). The molecule has 4 N–H and O–H groups in total. The molecule has 0 saturated carbocycles. The van der Waals surface area contributed by atoms with Gasteiger partial charge >= 0.3 is 0 Å². The molecule has 1 aromatic carbocycles. The minimum atomic E-state index is -0.708. The van der Waals surface area contributed by atoms with Crippen molar-refractivity contribution in [1.29, 1.82) is 0 Å². The van der Waals surface area contributed by atoms with Gasteiger partial charge in [0.15, 0.2) is 0 Å². The third kappa shape index (κ3) is 3.94. The molecule has 1 atom stereocenters. The van der Waals surface area contributed by atoms with Crippen molar-refractivity contribution in [2.45, 2.75) is 32.7 Å². The minimum Gasteiger partial charge on any atom is -0.508 e. The van der Waals surface area contributed by atoms with Gasteiger partial charge in [0.25, 0.3) is 0 Å². The Morgan fingerprint density at radius 1 is 1.47 bits per heavy atom. The number of nitrogens with two attached hydrogens (primary N) is 1. The average Bonchev–Trinajstić information content (AvgIpc) is 2.32. The van der Waals surface area contributed by atoms with Crippen LogP contribution in [0, 0.1) is 6.92 Å². The molecule has 0 aliphatic rings. The molecule has 0 fully saturated rings. The van der Waals surface area contributed by atoms with E-state index in [1.165, 1.54) is 7.11 Å². The highest BCUT2D eigenvalue weighted by atomic mass is 16.5. The number of ether oxygens (including phenoxy) is 1. The SMILES string of the molecule is COCC(N)C(=O)Nc1cc(C(C)C)c(O)cc1C.